The van der Waals surface area contributed by atoms with Crippen LogP contribution in [0.25, 0.3) is 0 Å². The average Bonchev–Trinajstić information content (AvgIpc) is 3.24. The molecule has 3 aromatic rings. The molecule has 1 amide bonds. The van der Waals surface area contributed by atoms with E-state index in [1.807, 2.05) is 49.5 Å². The maximum absolute atomic E-state index is 12.1. The monoisotopic (exact) mass is 376 g/mol. The smallest absolute Gasteiger partial charge is 0.291 e. The minimum absolute atomic E-state index is 0.270. The summed E-state index contributed by atoms with van der Waals surface area (Å²) in [6.45, 7) is 1.36. The largest absolute Gasteiger partial charge is 0.459 e. The molecule has 0 fully saturated rings. The second-order valence-electron chi connectivity index (χ2n) is 6.37. The molecule has 0 aliphatic rings. The summed E-state index contributed by atoms with van der Waals surface area (Å²) in [5.74, 6) is 0.814. The highest BCUT2D eigenvalue weighted by molar-refractivity contribution is 6.02. The molecule has 3 rings (SSSR count). The Morgan fingerprint density at radius 1 is 1.04 bits per heavy atom. The van der Waals surface area contributed by atoms with E-state index in [1.165, 1.54) is 11.8 Å². The third-order valence-corrected chi connectivity index (χ3v) is 4.22. The van der Waals surface area contributed by atoms with Gasteiger partial charge in [0.05, 0.1) is 6.26 Å². The number of carbonyl (C=O) groups is 1. The molecule has 2 N–H and O–H groups in total. The Hall–Kier alpha value is -3.54. The van der Waals surface area contributed by atoms with Crippen molar-refractivity contribution in [2.45, 2.75) is 13.1 Å². The summed E-state index contributed by atoms with van der Waals surface area (Å²) in [5.41, 5.74) is 2.97. The molecule has 1 heterocycles. The van der Waals surface area contributed by atoms with Crippen molar-refractivity contribution in [2.75, 3.05) is 19.4 Å². The Morgan fingerprint density at radius 3 is 2.54 bits per heavy atom. The third-order valence-electron chi connectivity index (χ3n) is 4.22. The number of nitrogens with zero attached hydrogens (tertiary/aromatic N) is 2. The maximum Gasteiger partial charge on any atom is 0.291 e. The molecule has 0 bridgehead atoms. The zero-order valence-corrected chi connectivity index (χ0v) is 16.1. The van der Waals surface area contributed by atoms with Gasteiger partial charge in [-0.15, -0.1) is 0 Å². The number of anilines is 1. The van der Waals surface area contributed by atoms with Crippen LogP contribution in [0.15, 0.2) is 82.4 Å². The first-order valence-corrected chi connectivity index (χ1v) is 9.05. The summed E-state index contributed by atoms with van der Waals surface area (Å²) in [6, 6.07) is 21.3. The van der Waals surface area contributed by atoms with Crippen LogP contribution in [0.4, 0.5) is 5.69 Å². The number of benzene rings is 2. The van der Waals surface area contributed by atoms with E-state index in [2.05, 4.69) is 32.7 Å². The lowest BCUT2D eigenvalue weighted by molar-refractivity contribution is 0.0996. The van der Waals surface area contributed by atoms with E-state index in [1.54, 1.807) is 19.2 Å². The second-order valence-corrected chi connectivity index (χ2v) is 6.37. The zero-order valence-electron chi connectivity index (χ0n) is 16.1. The number of amides is 1. The van der Waals surface area contributed by atoms with Crippen LogP contribution in [0.3, 0.4) is 0 Å². The first kappa shape index (κ1) is 19.2. The minimum Gasteiger partial charge on any atom is -0.459 e. The number of aliphatic imine (C=N–C) groups is 1. The molecule has 1 aromatic heterocycles. The molecule has 0 spiro atoms. The van der Waals surface area contributed by atoms with Gasteiger partial charge in [-0.25, -0.2) is 0 Å². The highest BCUT2D eigenvalue weighted by atomic mass is 16.3. The summed E-state index contributed by atoms with van der Waals surface area (Å²) in [7, 11) is 3.77. The molecule has 0 radical (unpaired) electrons. The maximum atomic E-state index is 12.1. The summed E-state index contributed by atoms with van der Waals surface area (Å²) in [4.78, 5) is 18.5. The number of rotatable bonds is 6. The first-order chi connectivity index (χ1) is 13.7. The number of carbonyl (C=O) groups excluding carboxylic acids is 1. The summed E-state index contributed by atoms with van der Waals surface area (Å²) in [5, 5.41) is 6.20. The Labute approximate surface area is 164 Å². The molecule has 28 heavy (non-hydrogen) atoms. The molecule has 6 heteroatoms. The SMILES string of the molecule is CN=C(NCc1cccc(NC(=O)c2ccco2)c1)N(C)Cc1ccccc1. The fourth-order valence-corrected chi connectivity index (χ4v) is 2.86. The van der Waals surface area contributed by atoms with E-state index < -0.39 is 0 Å². The third kappa shape index (κ3) is 5.23. The topological polar surface area (TPSA) is 69.9 Å². The average molecular weight is 376 g/mol. The van der Waals surface area contributed by atoms with Gasteiger partial charge in [0.2, 0.25) is 0 Å². The molecule has 0 atom stereocenters. The van der Waals surface area contributed by atoms with Crippen LogP contribution in [0, 0.1) is 0 Å². The Kier molecular flexibility index (Phi) is 6.46. The normalized spacial score (nSPS) is 11.1. The molecule has 6 nitrogen and oxygen atoms in total. The van der Waals surface area contributed by atoms with Crippen LogP contribution >= 0.6 is 0 Å². The molecule has 0 aliphatic carbocycles. The molecule has 2 aromatic carbocycles. The van der Waals surface area contributed by atoms with Crippen molar-refractivity contribution in [3.05, 3.63) is 89.9 Å². The summed E-state index contributed by atoms with van der Waals surface area (Å²) >= 11 is 0. The van der Waals surface area contributed by atoms with Crippen molar-refractivity contribution in [3.63, 3.8) is 0 Å². The van der Waals surface area contributed by atoms with Crippen molar-refractivity contribution < 1.29 is 9.21 Å². The van der Waals surface area contributed by atoms with E-state index >= 15 is 0 Å². The van der Waals surface area contributed by atoms with E-state index in [4.69, 9.17) is 4.42 Å². The standard InChI is InChI=1S/C22H24N4O2/c1-23-22(26(2)16-17-8-4-3-5-9-17)24-15-18-10-6-11-19(14-18)25-21(27)20-12-7-13-28-20/h3-14H,15-16H2,1-2H3,(H,23,24)(H,25,27). The molecule has 144 valence electrons. The fourth-order valence-electron chi connectivity index (χ4n) is 2.86. The van der Waals surface area contributed by atoms with Crippen LogP contribution in [0.1, 0.15) is 21.7 Å². The highest BCUT2D eigenvalue weighted by Crippen LogP contribution is 2.13. The van der Waals surface area contributed by atoms with E-state index in [-0.39, 0.29) is 11.7 Å². The lowest BCUT2D eigenvalue weighted by Gasteiger charge is -2.22. The molecular weight excluding hydrogens is 352 g/mol. The number of hydrogen-bond donors (Lipinski definition) is 2. The molecule has 0 saturated carbocycles. The van der Waals surface area contributed by atoms with Crippen LogP contribution in [0.5, 0.6) is 0 Å². The highest BCUT2D eigenvalue weighted by Gasteiger charge is 2.10. The predicted molar refractivity (Wildman–Crippen MR) is 111 cm³/mol. The van der Waals surface area contributed by atoms with E-state index in [0.717, 1.165) is 18.1 Å². The Bertz CT molecular complexity index is 921. The molecular formula is C22H24N4O2. The van der Waals surface area contributed by atoms with Gasteiger partial charge in [-0.05, 0) is 35.4 Å². The van der Waals surface area contributed by atoms with Crippen molar-refractivity contribution >= 4 is 17.6 Å². The Balaban J connectivity index is 1.58. The van der Waals surface area contributed by atoms with Crippen molar-refractivity contribution in [1.29, 1.82) is 0 Å². The Morgan fingerprint density at radius 2 is 1.82 bits per heavy atom. The molecule has 0 saturated heterocycles. The van der Waals surface area contributed by atoms with Crippen LogP contribution < -0.4 is 10.6 Å². The van der Waals surface area contributed by atoms with E-state index in [0.29, 0.717) is 12.2 Å². The molecule has 0 aliphatic heterocycles. The minimum atomic E-state index is -0.270. The van der Waals surface area contributed by atoms with Crippen molar-refractivity contribution in [3.8, 4) is 0 Å². The van der Waals surface area contributed by atoms with Crippen LogP contribution in [-0.4, -0.2) is 30.9 Å². The fraction of sp³-hybridized carbons (Fsp3) is 0.182. The van der Waals surface area contributed by atoms with Gasteiger partial charge < -0.3 is 20.0 Å². The van der Waals surface area contributed by atoms with E-state index in [9.17, 15) is 4.79 Å². The van der Waals surface area contributed by atoms with Gasteiger partial charge in [-0.2, -0.15) is 0 Å². The van der Waals surface area contributed by atoms with Crippen LogP contribution in [-0.2, 0) is 13.1 Å². The number of guanidine groups is 1. The zero-order chi connectivity index (χ0) is 19.8. The predicted octanol–water partition coefficient (Wildman–Crippen LogP) is 3.74. The van der Waals surface area contributed by atoms with Gasteiger partial charge in [0.1, 0.15) is 0 Å². The number of nitrogens with one attached hydrogen (secondary N) is 2. The lowest BCUT2D eigenvalue weighted by Crippen LogP contribution is -2.38. The van der Waals surface area contributed by atoms with Gasteiger partial charge in [0.25, 0.3) is 5.91 Å². The number of hydrogen-bond acceptors (Lipinski definition) is 3. The lowest BCUT2D eigenvalue weighted by atomic mass is 10.2. The summed E-state index contributed by atoms with van der Waals surface area (Å²) < 4.78 is 5.12. The second kappa shape index (κ2) is 9.41. The van der Waals surface area contributed by atoms with Gasteiger partial charge >= 0.3 is 0 Å². The van der Waals surface area contributed by atoms with Crippen molar-refractivity contribution in [1.82, 2.24) is 10.2 Å². The van der Waals surface area contributed by atoms with Gasteiger partial charge in [-0.1, -0.05) is 42.5 Å². The van der Waals surface area contributed by atoms with Crippen molar-refractivity contribution in [2.24, 2.45) is 4.99 Å². The van der Waals surface area contributed by atoms with Crippen LogP contribution in [0.2, 0.25) is 0 Å². The summed E-state index contributed by atoms with van der Waals surface area (Å²) in [6.07, 6.45) is 1.48. The quantitative estimate of drug-likeness (QED) is 0.508. The van der Waals surface area contributed by atoms with Gasteiger partial charge in [0.15, 0.2) is 11.7 Å². The first-order valence-electron chi connectivity index (χ1n) is 9.05. The number of furan rings is 1. The van der Waals surface area contributed by atoms with Gasteiger partial charge in [-0.3, -0.25) is 9.79 Å². The molecule has 0 unspecified atom stereocenters. The van der Waals surface area contributed by atoms with Gasteiger partial charge in [0, 0.05) is 32.9 Å².